The van der Waals surface area contributed by atoms with Gasteiger partial charge in [-0.2, -0.15) is 0 Å². The Labute approximate surface area is 127 Å². The summed E-state index contributed by atoms with van der Waals surface area (Å²) in [5.41, 5.74) is 6.82. The summed E-state index contributed by atoms with van der Waals surface area (Å²) in [6.07, 6.45) is 0. The van der Waals surface area contributed by atoms with Gasteiger partial charge in [0, 0.05) is 12.1 Å². The number of ether oxygens (including phenoxy) is 1. The van der Waals surface area contributed by atoms with Gasteiger partial charge in [0.05, 0.1) is 15.1 Å². The van der Waals surface area contributed by atoms with Gasteiger partial charge in [-0.15, -0.1) is 0 Å². The molecule has 0 aromatic heterocycles. The molecule has 0 unspecified atom stereocenters. The summed E-state index contributed by atoms with van der Waals surface area (Å²) < 4.78 is 5.66. The zero-order chi connectivity index (χ0) is 14.0. The van der Waals surface area contributed by atoms with Crippen LogP contribution in [0.15, 0.2) is 36.4 Å². The molecule has 0 amide bonds. The molecule has 2 aromatic rings. The van der Waals surface area contributed by atoms with E-state index >= 15 is 0 Å². The van der Waals surface area contributed by atoms with Crippen molar-refractivity contribution in [3.8, 4) is 11.5 Å². The maximum absolute atomic E-state index is 6.05. The van der Waals surface area contributed by atoms with Crippen LogP contribution in [0.5, 0.6) is 11.5 Å². The molecule has 0 saturated heterocycles. The number of rotatable bonds is 3. The SMILES string of the molecule is C[C@@H](N)c1ccc(Oc2cc(Cl)c(Cl)cc2Cl)cc1. The maximum atomic E-state index is 6.05. The molecule has 2 nitrogen and oxygen atoms in total. The van der Waals surface area contributed by atoms with Gasteiger partial charge in [0.15, 0.2) is 0 Å². The maximum Gasteiger partial charge on any atom is 0.147 e. The Morgan fingerprint density at radius 3 is 2.11 bits per heavy atom. The lowest BCUT2D eigenvalue weighted by molar-refractivity contribution is 0.482. The second-order valence-corrected chi connectivity index (χ2v) is 5.38. The zero-order valence-corrected chi connectivity index (χ0v) is 12.4. The monoisotopic (exact) mass is 315 g/mol. The molecule has 0 aliphatic carbocycles. The summed E-state index contributed by atoms with van der Waals surface area (Å²) in [4.78, 5) is 0. The lowest BCUT2D eigenvalue weighted by atomic mass is 10.1. The molecule has 0 aliphatic heterocycles. The van der Waals surface area contributed by atoms with Crippen molar-refractivity contribution in [2.24, 2.45) is 5.73 Å². The van der Waals surface area contributed by atoms with E-state index in [1.165, 1.54) is 0 Å². The van der Waals surface area contributed by atoms with Crippen molar-refractivity contribution in [3.63, 3.8) is 0 Å². The van der Waals surface area contributed by atoms with Crippen molar-refractivity contribution in [1.29, 1.82) is 0 Å². The summed E-state index contributed by atoms with van der Waals surface area (Å²) in [5, 5.41) is 1.20. The Morgan fingerprint density at radius 2 is 1.53 bits per heavy atom. The predicted octanol–water partition coefficient (Wildman–Crippen LogP) is 5.46. The molecule has 0 spiro atoms. The highest BCUT2D eigenvalue weighted by Gasteiger charge is 2.08. The van der Waals surface area contributed by atoms with Crippen LogP contribution >= 0.6 is 34.8 Å². The Kier molecular flexibility index (Phi) is 4.58. The van der Waals surface area contributed by atoms with Crippen LogP contribution in [-0.2, 0) is 0 Å². The van der Waals surface area contributed by atoms with Crippen LogP contribution in [0.4, 0.5) is 0 Å². The van der Waals surface area contributed by atoms with Gasteiger partial charge in [-0.3, -0.25) is 0 Å². The second-order valence-electron chi connectivity index (χ2n) is 4.16. The summed E-state index contributed by atoms with van der Waals surface area (Å²) in [7, 11) is 0. The number of hydrogen-bond donors (Lipinski definition) is 1. The lowest BCUT2D eigenvalue weighted by Gasteiger charge is -2.10. The van der Waals surface area contributed by atoms with Gasteiger partial charge >= 0.3 is 0 Å². The van der Waals surface area contributed by atoms with E-state index in [4.69, 9.17) is 45.3 Å². The first-order valence-corrected chi connectivity index (χ1v) is 6.78. The van der Waals surface area contributed by atoms with Gasteiger partial charge in [-0.25, -0.2) is 0 Å². The summed E-state index contributed by atoms with van der Waals surface area (Å²) in [6.45, 7) is 1.92. The minimum atomic E-state index is -0.0115. The van der Waals surface area contributed by atoms with Gasteiger partial charge in [-0.1, -0.05) is 46.9 Å². The third-order valence-corrected chi connectivity index (χ3v) is 3.63. The molecule has 0 heterocycles. The topological polar surface area (TPSA) is 35.2 Å². The molecule has 0 fully saturated rings. The first-order valence-electron chi connectivity index (χ1n) is 5.65. The van der Waals surface area contributed by atoms with E-state index in [1.54, 1.807) is 12.1 Å². The van der Waals surface area contributed by atoms with Gasteiger partial charge in [0.2, 0.25) is 0 Å². The molecular weight excluding hydrogens is 305 g/mol. The Balaban J connectivity index is 2.24. The Hall–Kier alpha value is -0.930. The van der Waals surface area contributed by atoms with Crippen molar-refractivity contribution in [3.05, 3.63) is 57.0 Å². The first kappa shape index (κ1) is 14.5. The molecule has 1 atom stereocenters. The largest absolute Gasteiger partial charge is 0.456 e. The first-order chi connectivity index (χ1) is 8.97. The van der Waals surface area contributed by atoms with Crippen LogP contribution in [0, 0.1) is 0 Å². The fraction of sp³-hybridized carbons (Fsp3) is 0.143. The van der Waals surface area contributed by atoms with Crippen LogP contribution in [0.2, 0.25) is 15.1 Å². The van der Waals surface area contributed by atoms with E-state index in [0.717, 1.165) is 5.56 Å². The van der Waals surface area contributed by atoms with E-state index in [-0.39, 0.29) is 6.04 Å². The highest BCUT2D eigenvalue weighted by atomic mass is 35.5. The fourth-order valence-electron chi connectivity index (χ4n) is 1.55. The van der Waals surface area contributed by atoms with E-state index in [1.807, 2.05) is 31.2 Å². The van der Waals surface area contributed by atoms with E-state index in [2.05, 4.69) is 0 Å². The van der Waals surface area contributed by atoms with Crippen molar-refractivity contribution in [2.45, 2.75) is 13.0 Å². The Bertz CT molecular complexity index is 582. The third-order valence-electron chi connectivity index (χ3n) is 2.61. The standard InChI is InChI=1S/C14H12Cl3NO/c1-8(18)9-2-4-10(5-3-9)19-14-7-12(16)11(15)6-13(14)17/h2-8H,18H2,1H3/t8-/m1/s1. The molecule has 2 N–H and O–H groups in total. The molecule has 2 rings (SSSR count). The van der Waals surface area contributed by atoms with E-state index < -0.39 is 0 Å². The molecule has 2 aromatic carbocycles. The average molecular weight is 317 g/mol. The smallest absolute Gasteiger partial charge is 0.147 e. The molecular formula is C14H12Cl3NO. The van der Waals surface area contributed by atoms with Gasteiger partial charge in [0.25, 0.3) is 0 Å². The molecule has 0 radical (unpaired) electrons. The number of halogens is 3. The predicted molar refractivity (Wildman–Crippen MR) is 80.6 cm³/mol. The van der Waals surface area contributed by atoms with Gasteiger partial charge in [0.1, 0.15) is 11.5 Å². The van der Waals surface area contributed by atoms with Crippen molar-refractivity contribution in [2.75, 3.05) is 0 Å². The van der Waals surface area contributed by atoms with Crippen LogP contribution < -0.4 is 10.5 Å². The second kappa shape index (κ2) is 6.02. The number of nitrogens with two attached hydrogens (primary N) is 1. The lowest BCUT2D eigenvalue weighted by Crippen LogP contribution is -2.04. The average Bonchev–Trinajstić information content (AvgIpc) is 2.36. The van der Waals surface area contributed by atoms with Gasteiger partial charge < -0.3 is 10.5 Å². The highest BCUT2D eigenvalue weighted by molar-refractivity contribution is 6.43. The molecule has 5 heteroatoms. The summed E-state index contributed by atoms with van der Waals surface area (Å²) in [5.74, 6) is 1.12. The molecule has 19 heavy (non-hydrogen) atoms. The molecule has 0 bridgehead atoms. The highest BCUT2D eigenvalue weighted by Crippen LogP contribution is 2.36. The third kappa shape index (κ3) is 3.54. The van der Waals surface area contributed by atoms with Crippen LogP contribution in [0.1, 0.15) is 18.5 Å². The molecule has 100 valence electrons. The van der Waals surface area contributed by atoms with E-state index in [9.17, 15) is 0 Å². The summed E-state index contributed by atoms with van der Waals surface area (Å²) in [6, 6.07) is 10.6. The van der Waals surface area contributed by atoms with Gasteiger partial charge in [-0.05, 0) is 30.7 Å². The fourth-order valence-corrected chi connectivity index (χ4v) is 2.12. The Morgan fingerprint density at radius 1 is 0.947 bits per heavy atom. The molecule has 0 aliphatic rings. The quantitative estimate of drug-likeness (QED) is 0.763. The summed E-state index contributed by atoms with van der Waals surface area (Å²) >= 11 is 17.8. The van der Waals surface area contributed by atoms with Crippen LogP contribution in [-0.4, -0.2) is 0 Å². The van der Waals surface area contributed by atoms with Crippen molar-refractivity contribution >= 4 is 34.8 Å². The molecule has 0 saturated carbocycles. The van der Waals surface area contributed by atoms with Crippen LogP contribution in [0.25, 0.3) is 0 Å². The minimum absolute atomic E-state index is 0.0115. The van der Waals surface area contributed by atoms with Crippen molar-refractivity contribution < 1.29 is 4.74 Å². The van der Waals surface area contributed by atoms with Crippen molar-refractivity contribution in [1.82, 2.24) is 0 Å². The zero-order valence-electron chi connectivity index (χ0n) is 10.2. The normalized spacial score (nSPS) is 12.3. The van der Waals surface area contributed by atoms with E-state index in [0.29, 0.717) is 26.6 Å². The van der Waals surface area contributed by atoms with Crippen LogP contribution in [0.3, 0.4) is 0 Å². The minimum Gasteiger partial charge on any atom is -0.456 e. The number of benzene rings is 2. The number of hydrogen-bond acceptors (Lipinski definition) is 2.